The van der Waals surface area contributed by atoms with Crippen LogP contribution in [0.25, 0.3) is 0 Å². The molecule has 2 rings (SSSR count). The summed E-state index contributed by atoms with van der Waals surface area (Å²) in [7, 11) is 0. The molecule has 0 bridgehead atoms. The molecular weight excluding hydrogens is 277 g/mol. The van der Waals surface area contributed by atoms with E-state index in [1.165, 1.54) is 12.1 Å². The SMILES string of the molecule is Cc1ccc(C#N)cc1NCc1ccccc1C(F)(F)F. The Kier molecular flexibility index (Phi) is 4.18. The van der Waals surface area contributed by atoms with Gasteiger partial charge in [0, 0.05) is 12.2 Å². The van der Waals surface area contributed by atoms with Crippen molar-refractivity contribution >= 4 is 5.69 Å². The molecule has 0 saturated heterocycles. The van der Waals surface area contributed by atoms with E-state index < -0.39 is 11.7 Å². The topological polar surface area (TPSA) is 35.8 Å². The van der Waals surface area contributed by atoms with E-state index in [-0.39, 0.29) is 12.1 Å². The van der Waals surface area contributed by atoms with E-state index >= 15 is 0 Å². The van der Waals surface area contributed by atoms with E-state index in [9.17, 15) is 13.2 Å². The average molecular weight is 290 g/mol. The smallest absolute Gasteiger partial charge is 0.381 e. The summed E-state index contributed by atoms with van der Waals surface area (Å²) in [5.74, 6) is 0. The lowest BCUT2D eigenvalue weighted by Crippen LogP contribution is -2.12. The molecule has 0 aliphatic carbocycles. The summed E-state index contributed by atoms with van der Waals surface area (Å²) in [6, 6.07) is 12.5. The van der Waals surface area contributed by atoms with Gasteiger partial charge in [-0.25, -0.2) is 0 Å². The standard InChI is InChI=1S/C16H13F3N2/c1-11-6-7-12(9-20)8-15(11)21-10-13-4-2-3-5-14(13)16(17,18)19/h2-8,21H,10H2,1H3. The largest absolute Gasteiger partial charge is 0.416 e. The summed E-state index contributed by atoms with van der Waals surface area (Å²) in [5, 5.41) is 11.8. The monoisotopic (exact) mass is 290 g/mol. The third-order valence-electron chi connectivity index (χ3n) is 3.16. The van der Waals surface area contributed by atoms with Crippen LogP contribution in [0, 0.1) is 18.3 Å². The van der Waals surface area contributed by atoms with Crippen LogP contribution in [0.3, 0.4) is 0 Å². The van der Waals surface area contributed by atoms with Crippen LogP contribution in [0.4, 0.5) is 18.9 Å². The molecule has 2 aromatic carbocycles. The minimum Gasteiger partial charge on any atom is -0.381 e. The molecule has 0 aromatic heterocycles. The van der Waals surface area contributed by atoms with Crippen LogP contribution in [-0.4, -0.2) is 0 Å². The molecule has 1 N–H and O–H groups in total. The molecule has 0 radical (unpaired) electrons. The highest BCUT2D eigenvalue weighted by Gasteiger charge is 2.32. The van der Waals surface area contributed by atoms with E-state index in [0.29, 0.717) is 11.3 Å². The summed E-state index contributed by atoms with van der Waals surface area (Å²) in [4.78, 5) is 0. The molecule has 2 aromatic rings. The van der Waals surface area contributed by atoms with Crippen LogP contribution < -0.4 is 5.32 Å². The Labute approximate surface area is 120 Å². The summed E-state index contributed by atoms with van der Waals surface area (Å²) in [6.07, 6.45) is -4.37. The van der Waals surface area contributed by atoms with Gasteiger partial charge in [-0.15, -0.1) is 0 Å². The van der Waals surface area contributed by atoms with E-state index in [2.05, 4.69) is 5.32 Å². The van der Waals surface area contributed by atoms with Crippen molar-refractivity contribution in [1.82, 2.24) is 0 Å². The van der Waals surface area contributed by atoms with Gasteiger partial charge in [0.2, 0.25) is 0 Å². The molecule has 0 saturated carbocycles. The number of aryl methyl sites for hydroxylation is 1. The average Bonchev–Trinajstić information content (AvgIpc) is 2.46. The number of hydrogen-bond donors (Lipinski definition) is 1. The fraction of sp³-hybridized carbons (Fsp3) is 0.188. The fourth-order valence-electron chi connectivity index (χ4n) is 2.02. The lowest BCUT2D eigenvalue weighted by Gasteiger charge is -2.15. The van der Waals surface area contributed by atoms with E-state index in [4.69, 9.17) is 5.26 Å². The van der Waals surface area contributed by atoms with Gasteiger partial charge < -0.3 is 5.32 Å². The molecule has 0 fully saturated rings. The van der Waals surface area contributed by atoms with Crippen LogP contribution in [-0.2, 0) is 12.7 Å². The number of nitriles is 1. The van der Waals surface area contributed by atoms with E-state index in [1.54, 1.807) is 24.3 Å². The number of halogens is 3. The summed E-state index contributed by atoms with van der Waals surface area (Å²) in [5.41, 5.74) is 1.52. The Morgan fingerprint density at radius 1 is 1.14 bits per heavy atom. The molecule has 0 atom stereocenters. The molecule has 108 valence electrons. The predicted molar refractivity (Wildman–Crippen MR) is 74.7 cm³/mol. The second kappa shape index (κ2) is 5.88. The van der Waals surface area contributed by atoms with Gasteiger partial charge in [0.15, 0.2) is 0 Å². The van der Waals surface area contributed by atoms with Gasteiger partial charge in [-0.2, -0.15) is 18.4 Å². The Morgan fingerprint density at radius 2 is 1.86 bits per heavy atom. The summed E-state index contributed by atoms with van der Waals surface area (Å²) >= 11 is 0. The Bertz CT molecular complexity index is 685. The van der Waals surface area contributed by atoms with Crippen LogP contribution in [0.15, 0.2) is 42.5 Å². The first-order valence-corrected chi connectivity index (χ1v) is 6.31. The zero-order chi connectivity index (χ0) is 15.5. The molecule has 5 heteroatoms. The summed E-state index contributed by atoms with van der Waals surface area (Å²) in [6.45, 7) is 1.88. The second-order valence-corrected chi connectivity index (χ2v) is 4.65. The second-order valence-electron chi connectivity index (χ2n) is 4.65. The van der Waals surface area contributed by atoms with Crippen molar-refractivity contribution in [2.45, 2.75) is 19.6 Å². The van der Waals surface area contributed by atoms with Crippen molar-refractivity contribution in [3.63, 3.8) is 0 Å². The van der Waals surface area contributed by atoms with Crippen molar-refractivity contribution in [3.05, 3.63) is 64.7 Å². The number of nitrogens with zero attached hydrogens (tertiary/aromatic N) is 1. The third kappa shape index (κ3) is 3.54. The van der Waals surface area contributed by atoms with Crippen molar-refractivity contribution in [1.29, 1.82) is 5.26 Å². The molecule has 0 aliphatic heterocycles. The molecule has 0 heterocycles. The van der Waals surface area contributed by atoms with Gasteiger partial charge in [0.25, 0.3) is 0 Å². The third-order valence-corrected chi connectivity index (χ3v) is 3.16. The Hall–Kier alpha value is -2.48. The zero-order valence-corrected chi connectivity index (χ0v) is 11.3. The molecule has 0 aliphatic rings. The van der Waals surface area contributed by atoms with Crippen LogP contribution in [0.1, 0.15) is 22.3 Å². The Balaban J connectivity index is 2.24. The molecule has 0 spiro atoms. The number of anilines is 1. The fourth-order valence-corrected chi connectivity index (χ4v) is 2.02. The highest BCUT2D eigenvalue weighted by molar-refractivity contribution is 5.55. The number of nitrogens with one attached hydrogen (secondary N) is 1. The van der Waals surface area contributed by atoms with E-state index in [0.717, 1.165) is 11.6 Å². The minimum absolute atomic E-state index is 0.0470. The molecule has 0 amide bonds. The maximum atomic E-state index is 12.9. The first-order valence-electron chi connectivity index (χ1n) is 6.31. The van der Waals surface area contributed by atoms with Gasteiger partial charge in [-0.05, 0) is 36.2 Å². The number of rotatable bonds is 3. The first kappa shape index (κ1) is 14.9. The van der Waals surface area contributed by atoms with Gasteiger partial charge in [-0.3, -0.25) is 0 Å². The van der Waals surface area contributed by atoms with E-state index in [1.807, 2.05) is 13.0 Å². The highest BCUT2D eigenvalue weighted by Crippen LogP contribution is 2.32. The normalized spacial score (nSPS) is 11.0. The quantitative estimate of drug-likeness (QED) is 0.903. The van der Waals surface area contributed by atoms with Crippen LogP contribution in [0.5, 0.6) is 0 Å². The predicted octanol–water partition coefficient (Wildman–Crippen LogP) is 4.50. The van der Waals surface area contributed by atoms with Gasteiger partial charge in [-0.1, -0.05) is 24.3 Å². The van der Waals surface area contributed by atoms with Gasteiger partial charge >= 0.3 is 6.18 Å². The van der Waals surface area contributed by atoms with Gasteiger partial charge in [0.1, 0.15) is 0 Å². The molecule has 2 nitrogen and oxygen atoms in total. The van der Waals surface area contributed by atoms with Gasteiger partial charge in [0.05, 0.1) is 17.2 Å². The number of alkyl halides is 3. The van der Waals surface area contributed by atoms with Crippen LogP contribution >= 0.6 is 0 Å². The maximum Gasteiger partial charge on any atom is 0.416 e. The van der Waals surface area contributed by atoms with Crippen molar-refractivity contribution < 1.29 is 13.2 Å². The number of hydrogen-bond acceptors (Lipinski definition) is 2. The maximum absolute atomic E-state index is 12.9. The lowest BCUT2D eigenvalue weighted by atomic mass is 10.1. The first-order chi connectivity index (χ1) is 9.91. The van der Waals surface area contributed by atoms with Crippen molar-refractivity contribution in [2.75, 3.05) is 5.32 Å². The van der Waals surface area contributed by atoms with Crippen molar-refractivity contribution in [2.24, 2.45) is 0 Å². The zero-order valence-electron chi connectivity index (χ0n) is 11.3. The minimum atomic E-state index is -4.37. The van der Waals surface area contributed by atoms with Crippen molar-refractivity contribution in [3.8, 4) is 6.07 Å². The molecular formula is C16H13F3N2. The van der Waals surface area contributed by atoms with Crippen LogP contribution in [0.2, 0.25) is 0 Å². The highest BCUT2D eigenvalue weighted by atomic mass is 19.4. The Morgan fingerprint density at radius 3 is 2.52 bits per heavy atom. The lowest BCUT2D eigenvalue weighted by molar-refractivity contribution is -0.138. The number of benzene rings is 2. The summed E-state index contributed by atoms with van der Waals surface area (Å²) < 4.78 is 38.7. The molecule has 0 unspecified atom stereocenters. The molecule has 21 heavy (non-hydrogen) atoms.